The number of hydrogen-bond donors (Lipinski definition) is 1. The third-order valence-electron chi connectivity index (χ3n) is 3.08. The topological polar surface area (TPSA) is 109 Å². The molecule has 24 heavy (non-hydrogen) atoms. The largest absolute Gasteiger partial charge is 0.505 e. The summed E-state index contributed by atoms with van der Waals surface area (Å²) in [6.45, 7) is 1.71. The van der Waals surface area contributed by atoms with Gasteiger partial charge in [-0.3, -0.25) is 0 Å². The minimum absolute atomic E-state index is 0.0432. The van der Waals surface area contributed by atoms with Crippen LogP contribution in [0.5, 0.6) is 11.6 Å². The van der Waals surface area contributed by atoms with E-state index in [-0.39, 0.29) is 29.8 Å². The van der Waals surface area contributed by atoms with Crippen molar-refractivity contribution in [3.05, 3.63) is 17.8 Å². The van der Waals surface area contributed by atoms with Gasteiger partial charge in [0.25, 0.3) is 0 Å². The van der Waals surface area contributed by atoms with Gasteiger partial charge in [0.2, 0.25) is 11.8 Å². The van der Waals surface area contributed by atoms with Crippen LogP contribution in [0.25, 0.3) is 0 Å². The van der Waals surface area contributed by atoms with E-state index >= 15 is 0 Å². The van der Waals surface area contributed by atoms with Crippen LogP contribution in [0.3, 0.4) is 0 Å². The van der Waals surface area contributed by atoms with Crippen LogP contribution in [0.4, 0.5) is 0 Å². The average molecular weight is 340 g/mol. The fourth-order valence-electron chi connectivity index (χ4n) is 1.88. The number of carbonyl (C=O) groups is 1. The zero-order chi connectivity index (χ0) is 17.4. The van der Waals surface area contributed by atoms with Gasteiger partial charge in [-0.1, -0.05) is 0 Å². The van der Waals surface area contributed by atoms with E-state index in [1.54, 1.807) is 7.11 Å². The Bertz CT molecular complexity index is 591. The molecule has 0 radical (unpaired) electrons. The summed E-state index contributed by atoms with van der Waals surface area (Å²) in [5, 5.41) is 9.91. The molecule has 9 heteroatoms. The SMILES string of the molecule is COCCOCCOc1ccc(O)c(C2=N[C@@H](C(=O)OC)CO2)n1. The van der Waals surface area contributed by atoms with E-state index in [0.29, 0.717) is 26.4 Å². The van der Waals surface area contributed by atoms with Crippen molar-refractivity contribution < 1.29 is 33.6 Å². The molecule has 2 heterocycles. The van der Waals surface area contributed by atoms with Crippen molar-refractivity contribution in [3.63, 3.8) is 0 Å². The van der Waals surface area contributed by atoms with Gasteiger partial charge in [-0.15, -0.1) is 0 Å². The number of ether oxygens (including phenoxy) is 5. The lowest BCUT2D eigenvalue weighted by molar-refractivity contribution is -0.142. The van der Waals surface area contributed by atoms with Crippen molar-refractivity contribution in [2.75, 3.05) is 47.3 Å². The van der Waals surface area contributed by atoms with Crippen molar-refractivity contribution in [2.45, 2.75) is 6.04 Å². The normalized spacial score (nSPS) is 16.4. The van der Waals surface area contributed by atoms with E-state index in [2.05, 4.69) is 14.7 Å². The maximum absolute atomic E-state index is 11.5. The van der Waals surface area contributed by atoms with E-state index < -0.39 is 12.0 Å². The summed E-state index contributed by atoms with van der Waals surface area (Å²) in [5.41, 5.74) is 0.110. The number of hydrogen-bond acceptors (Lipinski definition) is 9. The van der Waals surface area contributed by atoms with E-state index in [4.69, 9.17) is 18.9 Å². The lowest BCUT2D eigenvalue weighted by Crippen LogP contribution is -2.21. The Balaban J connectivity index is 1.95. The van der Waals surface area contributed by atoms with Gasteiger partial charge in [-0.05, 0) is 6.07 Å². The van der Waals surface area contributed by atoms with E-state index in [1.807, 2.05) is 0 Å². The fourth-order valence-corrected chi connectivity index (χ4v) is 1.88. The number of pyridine rings is 1. The summed E-state index contributed by atoms with van der Waals surface area (Å²) >= 11 is 0. The standard InChI is InChI=1S/C15H20N2O7/c1-20-5-6-22-7-8-23-12-4-3-11(18)13(17-12)14-16-10(9-24-14)15(19)21-2/h3-4,10,18H,5-9H2,1-2H3/t10-/m1/s1. The number of methoxy groups -OCH3 is 2. The summed E-state index contributed by atoms with van der Waals surface area (Å²) in [6, 6.07) is 2.17. The van der Waals surface area contributed by atoms with Gasteiger partial charge in [0.1, 0.15) is 19.0 Å². The Morgan fingerprint density at radius 2 is 2.08 bits per heavy atom. The van der Waals surface area contributed by atoms with Gasteiger partial charge in [0.05, 0.1) is 26.9 Å². The monoisotopic (exact) mass is 340 g/mol. The first-order chi connectivity index (χ1) is 11.7. The Hall–Kier alpha value is -2.39. The molecule has 9 nitrogen and oxygen atoms in total. The molecule has 1 aromatic rings. The fraction of sp³-hybridized carbons (Fsp3) is 0.533. The highest BCUT2D eigenvalue weighted by Gasteiger charge is 2.29. The summed E-state index contributed by atoms with van der Waals surface area (Å²) in [5.74, 6) is -0.274. The molecule has 0 fully saturated rings. The Morgan fingerprint density at radius 3 is 2.83 bits per heavy atom. The molecule has 1 atom stereocenters. The van der Waals surface area contributed by atoms with Crippen molar-refractivity contribution in [1.29, 1.82) is 0 Å². The summed E-state index contributed by atoms with van der Waals surface area (Å²) < 4.78 is 25.5. The molecule has 1 N–H and O–H groups in total. The predicted octanol–water partition coefficient (Wildman–Crippen LogP) is 0.147. The van der Waals surface area contributed by atoms with E-state index in [1.165, 1.54) is 19.2 Å². The van der Waals surface area contributed by atoms with Gasteiger partial charge >= 0.3 is 5.97 Å². The van der Waals surface area contributed by atoms with Gasteiger partial charge in [0, 0.05) is 13.2 Å². The van der Waals surface area contributed by atoms with Crippen LogP contribution in [0.1, 0.15) is 5.69 Å². The second kappa shape index (κ2) is 9.04. The Kier molecular flexibility index (Phi) is 6.76. The molecule has 0 amide bonds. The second-order valence-corrected chi connectivity index (χ2v) is 4.76. The number of esters is 1. The molecule has 1 aromatic heterocycles. The lowest BCUT2D eigenvalue weighted by atomic mass is 10.3. The van der Waals surface area contributed by atoms with Crippen LogP contribution in [0.15, 0.2) is 17.1 Å². The maximum Gasteiger partial charge on any atom is 0.334 e. The average Bonchev–Trinajstić information content (AvgIpc) is 3.08. The molecule has 0 aliphatic carbocycles. The molecule has 1 aliphatic rings. The first-order valence-corrected chi connectivity index (χ1v) is 7.34. The van der Waals surface area contributed by atoms with Crippen LogP contribution in [-0.4, -0.2) is 75.3 Å². The van der Waals surface area contributed by atoms with Crippen molar-refractivity contribution >= 4 is 11.9 Å². The number of aromatic hydroxyl groups is 1. The lowest BCUT2D eigenvalue weighted by Gasteiger charge is -2.08. The summed E-state index contributed by atoms with van der Waals surface area (Å²) in [7, 11) is 2.87. The van der Waals surface area contributed by atoms with Crippen LogP contribution in [0, 0.1) is 0 Å². The number of rotatable bonds is 9. The molecular weight excluding hydrogens is 320 g/mol. The van der Waals surface area contributed by atoms with Crippen molar-refractivity contribution in [3.8, 4) is 11.6 Å². The third-order valence-corrected chi connectivity index (χ3v) is 3.08. The second-order valence-electron chi connectivity index (χ2n) is 4.76. The quantitative estimate of drug-likeness (QED) is 0.500. The first kappa shape index (κ1) is 18.0. The Morgan fingerprint density at radius 1 is 1.29 bits per heavy atom. The number of nitrogens with zero attached hydrogens (tertiary/aromatic N) is 2. The van der Waals surface area contributed by atoms with Gasteiger partial charge in [-0.25, -0.2) is 14.8 Å². The smallest absolute Gasteiger partial charge is 0.334 e. The first-order valence-electron chi connectivity index (χ1n) is 7.34. The van der Waals surface area contributed by atoms with Crippen LogP contribution in [0.2, 0.25) is 0 Å². The van der Waals surface area contributed by atoms with Gasteiger partial charge in [0.15, 0.2) is 11.7 Å². The number of aromatic nitrogens is 1. The molecule has 0 unspecified atom stereocenters. The minimum atomic E-state index is -0.759. The summed E-state index contributed by atoms with van der Waals surface area (Å²) in [4.78, 5) is 19.7. The van der Waals surface area contributed by atoms with E-state index in [9.17, 15) is 9.90 Å². The highest BCUT2D eigenvalue weighted by atomic mass is 16.5. The number of carbonyl (C=O) groups excluding carboxylic acids is 1. The molecule has 132 valence electrons. The van der Waals surface area contributed by atoms with Crippen LogP contribution < -0.4 is 4.74 Å². The molecular formula is C15H20N2O7. The van der Waals surface area contributed by atoms with Crippen molar-refractivity contribution in [1.82, 2.24) is 4.98 Å². The zero-order valence-electron chi connectivity index (χ0n) is 13.6. The summed E-state index contributed by atoms with van der Waals surface area (Å²) in [6.07, 6.45) is 0. The molecule has 0 bridgehead atoms. The molecule has 0 saturated carbocycles. The molecule has 0 aromatic carbocycles. The van der Waals surface area contributed by atoms with Crippen LogP contribution >= 0.6 is 0 Å². The third kappa shape index (κ3) is 4.80. The predicted molar refractivity (Wildman–Crippen MR) is 82.4 cm³/mol. The van der Waals surface area contributed by atoms with Crippen molar-refractivity contribution in [2.24, 2.45) is 4.99 Å². The number of aliphatic imine (C=N–C) groups is 1. The molecule has 2 rings (SSSR count). The Labute approximate surface area is 139 Å². The highest BCUT2D eigenvalue weighted by Crippen LogP contribution is 2.23. The molecule has 1 aliphatic heterocycles. The minimum Gasteiger partial charge on any atom is -0.505 e. The van der Waals surface area contributed by atoms with Gasteiger partial charge < -0.3 is 28.8 Å². The van der Waals surface area contributed by atoms with Crippen LogP contribution in [-0.2, 0) is 23.7 Å². The molecule has 0 saturated heterocycles. The highest BCUT2D eigenvalue weighted by molar-refractivity contribution is 5.98. The zero-order valence-corrected chi connectivity index (χ0v) is 13.6. The van der Waals surface area contributed by atoms with E-state index in [0.717, 1.165) is 0 Å². The van der Waals surface area contributed by atoms with Gasteiger partial charge in [-0.2, -0.15) is 0 Å². The maximum atomic E-state index is 11.5. The molecule has 0 spiro atoms.